The van der Waals surface area contributed by atoms with E-state index in [2.05, 4.69) is 15.7 Å². The van der Waals surface area contributed by atoms with E-state index in [0.717, 1.165) is 16.0 Å². The minimum Gasteiger partial charge on any atom is -0.324 e. The molecule has 1 fully saturated rings. The Morgan fingerprint density at radius 2 is 1.83 bits per heavy atom. The number of anilines is 2. The van der Waals surface area contributed by atoms with Crippen molar-refractivity contribution in [1.82, 2.24) is 5.01 Å². The lowest BCUT2D eigenvalue weighted by Crippen LogP contribution is -2.43. The van der Waals surface area contributed by atoms with Crippen LogP contribution in [-0.4, -0.2) is 41.4 Å². The van der Waals surface area contributed by atoms with Crippen molar-refractivity contribution < 1.29 is 14.4 Å². The van der Waals surface area contributed by atoms with Crippen molar-refractivity contribution in [2.24, 2.45) is 10.3 Å². The van der Waals surface area contributed by atoms with Crippen molar-refractivity contribution in [2.75, 3.05) is 16.8 Å². The van der Waals surface area contributed by atoms with Crippen LogP contribution in [0, 0.1) is 13.8 Å². The Morgan fingerprint density at radius 1 is 1.10 bits per heavy atom. The number of fused-ring (bicyclic) bond motifs is 1. The van der Waals surface area contributed by atoms with Gasteiger partial charge < -0.3 is 5.32 Å². The molecule has 3 amide bonds. The monoisotopic (exact) mass is 411 g/mol. The molecule has 0 aromatic heterocycles. The van der Waals surface area contributed by atoms with Crippen LogP contribution in [0.1, 0.15) is 11.1 Å². The van der Waals surface area contributed by atoms with Crippen LogP contribution in [0.2, 0.25) is 5.02 Å². The van der Waals surface area contributed by atoms with Crippen LogP contribution >= 0.6 is 11.6 Å². The molecule has 0 radical (unpaired) electrons. The maximum Gasteiger partial charge on any atom is 0.263 e. The van der Waals surface area contributed by atoms with Crippen LogP contribution < -0.4 is 10.2 Å². The molecule has 4 rings (SSSR count). The first-order valence-corrected chi connectivity index (χ1v) is 9.41. The molecule has 2 aromatic rings. The van der Waals surface area contributed by atoms with E-state index in [1.165, 1.54) is 5.01 Å². The highest BCUT2D eigenvalue weighted by molar-refractivity contribution is 6.32. The van der Waals surface area contributed by atoms with E-state index in [1.807, 2.05) is 26.0 Å². The van der Waals surface area contributed by atoms with Crippen LogP contribution in [0.4, 0.5) is 11.4 Å². The number of halogens is 1. The molecule has 29 heavy (non-hydrogen) atoms. The van der Waals surface area contributed by atoms with E-state index in [-0.39, 0.29) is 12.5 Å². The SMILES string of the molecule is Cc1ccc(NC(=O)CN2N=N[C@H]3C(=O)N(c4ccc(C)c(Cl)c4)C(=O)[C@@H]32)cc1. The average Bonchev–Trinajstić information content (AvgIpc) is 3.20. The van der Waals surface area contributed by atoms with Gasteiger partial charge in [0.05, 0.1) is 5.69 Å². The number of hydrogen-bond acceptors (Lipinski definition) is 6. The second-order valence-electron chi connectivity index (χ2n) is 7.05. The van der Waals surface area contributed by atoms with Crippen molar-refractivity contribution >= 4 is 40.7 Å². The van der Waals surface area contributed by atoms with Crippen LogP contribution in [0.25, 0.3) is 0 Å². The third-order valence-corrected chi connectivity index (χ3v) is 5.32. The highest BCUT2D eigenvalue weighted by Crippen LogP contribution is 2.33. The summed E-state index contributed by atoms with van der Waals surface area (Å²) in [5, 5.41) is 12.3. The molecule has 2 atom stereocenters. The number of aryl methyl sites for hydroxylation is 2. The maximum absolute atomic E-state index is 13.0. The number of imide groups is 1. The molecule has 0 aliphatic carbocycles. The second kappa shape index (κ2) is 7.29. The zero-order valence-electron chi connectivity index (χ0n) is 15.8. The average molecular weight is 412 g/mol. The topological polar surface area (TPSA) is 94.4 Å². The van der Waals surface area contributed by atoms with Crippen LogP contribution in [0.5, 0.6) is 0 Å². The van der Waals surface area contributed by atoms with Gasteiger partial charge in [-0.3, -0.25) is 19.4 Å². The third-order valence-electron chi connectivity index (χ3n) is 4.91. The summed E-state index contributed by atoms with van der Waals surface area (Å²) < 4.78 is 0. The molecule has 0 spiro atoms. The summed E-state index contributed by atoms with van der Waals surface area (Å²) in [4.78, 5) is 39.1. The molecule has 0 unspecified atom stereocenters. The number of nitrogens with zero attached hydrogens (tertiary/aromatic N) is 4. The molecule has 2 aliphatic heterocycles. The van der Waals surface area contributed by atoms with Gasteiger partial charge in [0, 0.05) is 10.7 Å². The molecule has 1 saturated heterocycles. The summed E-state index contributed by atoms with van der Waals surface area (Å²) >= 11 is 6.14. The van der Waals surface area contributed by atoms with E-state index in [1.54, 1.807) is 30.3 Å². The molecule has 9 heteroatoms. The fourth-order valence-corrected chi connectivity index (χ4v) is 3.49. The fourth-order valence-electron chi connectivity index (χ4n) is 3.31. The van der Waals surface area contributed by atoms with Gasteiger partial charge in [0.2, 0.25) is 5.91 Å². The number of rotatable bonds is 4. The zero-order valence-corrected chi connectivity index (χ0v) is 16.6. The van der Waals surface area contributed by atoms with Crippen molar-refractivity contribution in [3.8, 4) is 0 Å². The summed E-state index contributed by atoms with van der Waals surface area (Å²) in [6, 6.07) is 10.4. The van der Waals surface area contributed by atoms with Gasteiger partial charge in [0.1, 0.15) is 6.54 Å². The van der Waals surface area contributed by atoms with Crippen LogP contribution in [0.15, 0.2) is 52.8 Å². The zero-order chi connectivity index (χ0) is 20.7. The van der Waals surface area contributed by atoms with Crippen molar-refractivity contribution in [2.45, 2.75) is 25.9 Å². The normalized spacial score (nSPS) is 20.4. The summed E-state index contributed by atoms with van der Waals surface area (Å²) in [7, 11) is 0. The number of benzene rings is 2. The highest BCUT2D eigenvalue weighted by atomic mass is 35.5. The Morgan fingerprint density at radius 3 is 2.52 bits per heavy atom. The van der Waals surface area contributed by atoms with Gasteiger partial charge in [-0.25, -0.2) is 4.90 Å². The van der Waals surface area contributed by atoms with Crippen molar-refractivity contribution in [3.05, 3.63) is 58.6 Å². The first kappa shape index (κ1) is 19.1. The number of nitrogens with one attached hydrogen (secondary N) is 1. The molecule has 2 heterocycles. The van der Waals surface area contributed by atoms with Crippen LogP contribution in [0.3, 0.4) is 0 Å². The number of carbonyl (C=O) groups is 3. The Kier molecular flexibility index (Phi) is 4.79. The van der Waals surface area contributed by atoms with Gasteiger partial charge in [-0.05, 0) is 43.7 Å². The second-order valence-corrected chi connectivity index (χ2v) is 7.46. The summed E-state index contributed by atoms with van der Waals surface area (Å²) in [6.07, 6.45) is 0. The van der Waals surface area contributed by atoms with E-state index in [4.69, 9.17) is 11.6 Å². The maximum atomic E-state index is 13.0. The van der Waals surface area contributed by atoms with Gasteiger partial charge in [0.15, 0.2) is 12.1 Å². The molecule has 2 aliphatic rings. The van der Waals surface area contributed by atoms with Gasteiger partial charge >= 0.3 is 0 Å². The molecule has 2 aromatic carbocycles. The highest BCUT2D eigenvalue weighted by Gasteiger charge is 2.55. The van der Waals surface area contributed by atoms with E-state index in [9.17, 15) is 14.4 Å². The van der Waals surface area contributed by atoms with E-state index < -0.39 is 23.9 Å². The van der Waals surface area contributed by atoms with Gasteiger partial charge in [-0.1, -0.05) is 40.6 Å². The molecular formula is C20H18ClN5O3. The largest absolute Gasteiger partial charge is 0.324 e. The standard InChI is InChI=1S/C20H18ClN5O3/c1-11-3-6-13(7-4-11)22-16(27)10-25-18-17(23-24-25)19(28)26(20(18)29)14-8-5-12(2)15(21)9-14/h3-9,17-18H,10H2,1-2H3,(H,22,27)/t17-,18-/m1/s1. The number of carbonyl (C=O) groups excluding carboxylic acids is 3. The quantitative estimate of drug-likeness (QED) is 0.782. The lowest BCUT2D eigenvalue weighted by Gasteiger charge is -2.20. The summed E-state index contributed by atoms with van der Waals surface area (Å²) in [5.41, 5.74) is 2.93. The molecule has 1 N–H and O–H groups in total. The predicted molar refractivity (Wildman–Crippen MR) is 108 cm³/mol. The molecular weight excluding hydrogens is 394 g/mol. The Labute approximate surface area is 172 Å². The number of amides is 3. The summed E-state index contributed by atoms with van der Waals surface area (Å²) in [5.74, 6) is -1.32. The predicted octanol–water partition coefficient (Wildman–Crippen LogP) is 2.89. The molecule has 0 saturated carbocycles. The first-order chi connectivity index (χ1) is 13.8. The minimum absolute atomic E-state index is 0.194. The van der Waals surface area contributed by atoms with Crippen LogP contribution in [-0.2, 0) is 14.4 Å². The molecule has 8 nitrogen and oxygen atoms in total. The number of hydrogen-bond donors (Lipinski definition) is 1. The summed E-state index contributed by atoms with van der Waals surface area (Å²) in [6.45, 7) is 3.59. The van der Waals surface area contributed by atoms with Gasteiger partial charge in [-0.15, -0.1) is 0 Å². The fraction of sp³-hybridized carbons (Fsp3) is 0.250. The Balaban J connectivity index is 1.49. The Bertz CT molecular complexity index is 1040. The van der Waals surface area contributed by atoms with Crippen molar-refractivity contribution in [1.29, 1.82) is 0 Å². The minimum atomic E-state index is -0.963. The van der Waals surface area contributed by atoms with E-state index >= 15 is 0 Å². The Hall–Kier alpha value is -3.26. The molecule has 0 bridgehead atoms. The third kappa shape index (κ3) is 3.47. The molecule has 148 valence electrons. The van der Waals surface area contributed by atoms with E-state index in [0.29, 0.717) is 16.4 Å². The van der Waals surface area contributed by atoms with Gasteiger partial charge in [-0.2, -0.15) is 5.11 Å². The smallest absolute Gasteiger partial charge is 0.263 e. The first-order valence-electron chi connectivity index (χ1n) is 9.03. The lowest BCUT2D eigenvalue weighted by atomic mass is 10.1. The van der Waals surface area contributed by atoms with Gasteiger partial charge in [0.25, 0.3) is 11.8 Å². The van der Waals surface area contributed by atoms with Crippen molar-refractivity contribution in [3.63, 3.8) is 0 Å². The lowest BCUT2D eigenvalue weighted by molar-refractivity contribution is -0.123.